The van der Waals surface area contributed by atoms with Gasteiger partial charge in [0.15, 0.2) is 5.89 Å². The van der Waals surface area contributed by atoms with E-state index in [1.54, 1.807) is 0 Å². The average Bonchev–Trinajstić information content (AvgIpc) is 2.85. The Morgan fingerprint density at radius 2 is 1.81 bits per heavy atom. The Morgan fingerprint density at radius 3 is 2.62 bits per heavy atom. The van der Waals surface area contributed by atoms with E-state index in [0.717, 1.165) is 27.5 Å². The van der Waals surface area contributed by atoms with E-state index in [9.17, 15) is 0 Å². The van der Waals surface area contributed by atoms with Gasteiger partial charge in [-0.1, -0.05) is 41.9 Å². The number of pyridine rings is 1. The fraction of sp³-hybridized carbons (Fsp3) is 0.0588. The first-order chi connectivity index (χ1) is 10.2. The van der Waals surface area contributed by atoms with E-state index in [2.05, 4.69) is 22.1 Å². The molecule has 0 atom stereocenters. The average molecular weight is 295 g/mol. The quantitative estimate of drug-likeness (QED) is 0.495. The highest BCUT2D eigenvalue weighted by molar-refractivity contribution is 6.31. The third-order valence-corrected chi connectivity index (χ3v) is 3.70. The Kier molecular flexibility index (Phi) is 2.69. The molecular weight excluding hydrogens is 284 g/mol. The molecule has 21 heavy (non-hydrogen) atoms. The van der Waals surface area contributed by atoms with Crippen molar-refractivity contribution in [2.24, 2.45) is 0 Å². The van der Waals surface area contributed by atoms with E-state index in [1.807, 2.05) is 43.3 Å². The van der Waals surface area contributed by atoms with E-state index in [0.29, 0.717) is 16.6 Å². The minimum absolute atomic E-state index is 0.557. The third-order valence-electron chi connectivity index (χ3n) is 3.47. The van der Waals surface area contributed by atoms with Crippen molar-refractivity contribution in [1.82, 2.24) is 9.97 Å². The van der Waals surface area contributed by atoms with E-state index in [1.165, 1.54) is 0 Å². The lowest BCUT2D eigenvalue weighted by Gasteiger charge is -2.07. The van der Waals surface area contributed by atoms with Gasteiger partial charge in [-0.05, 0) is 23.8 Å². The molecule has 2 heterocycles. The number of hydrogen-bond acceptors (Lipinski definition) is 3. The van der Waals surface area contributed by atoms with Crippen LogP contribution in [0.3, 0.4) is 0 Å². The highest BCUT2D eigenvalue weighted by Gasteiger charge is 2.15. The monoisotopic (exact) mass is 294 g/mol. The van der Waals surface area contributed by atoms with Crippen LogP contribution in [0.5, 0.6) is 0 Å². The summed E-state index contributed by atoms with van der Waals surface area (Å²) in [7, 11) is 0. The van der Waals surface area contributed by atoms with Crippen LogP contribution in [0.25, 0.3) is 33.3 Å². The van der Waals surface area contributed by atoms with Gasteiger partial charge in [-0.15, -0.1) is 0 Å². The summed E-state index contributed by atoms with van der Waals surface area (Å²) in [4.78, 5) is 9.04. The van der Waals surface area contributed by atoms with E-state index in [-0.39, 0.29) is 0 Å². The predicted octanol–water partition coefficient (Wildman–Crippen LogP) is 5.00. The molecule has 102 valence electrons. The molecule has 0 saturated heterocycles. The Morgan fingerprint density at radius 1 is 1.00 bits per heavy atom. The zero-order valence-electron chi connectivity index (χ0n) is 11.3. The smallest absolute Gasteiger partial charge is 0.248 e. The number of rotatable bonds is 1. The number of aryl methyl sites for hydroxylation is 1. The molecule has 0 fully saturated rings. The van der Waals surface area contributed by atoms with Crippen molar-refractivity contribution in [3.05, 3.63) is 59.4 Å². The molecule has 0 bridgehead atoms. The third kappa shape index (κ3) is 1.98. The van der Waals surface area contributed by atoms with Gasteiger partial charge in [-0.2, -0.15) is 0 Å². The zero-order valence-corrected chi connectivity index (χ0v) is 12.1. The largest absolute Gasteiger partial charge is 0.423 e. The summed E-state index contributed by atoms with van der Waals surface area (Å²) < 4.78 is 5.61. The highest BCUT2D eigenvalue weighted by Crippen LogP contribution is 2.35. The molecule has 4 rings (SSSR count). The molecule has 4 heteroatoms. The number of aromatic nitrogens is 2. The van der Waals surface area contributed by atoms with Crippen molar-refractivity contribution in [2.75, 3.05) is 0 Å². The molecule has 0 spiro atoms. The Balaban J connectivity index is 2.23. The first-order valence-corrected chi connectivity index (χ1v) is 7.02. The van der Waals surface area contributed by atoms with Gasteiger partial charge in [0.25, 0.3) is 0 Å². The second kappa shape index (κ2) is 4.57. The Labute approximate surface area is 126 Å². The van der Waals surface area contributed by atoms with Gasteiger partial charge in [0.2, 0.25) is 5.71 Å². The first kappa shape index (κ1) is 12.4. The van der Waals surface area contributed by atoms with Crippen molar-refractivity contribution in [1.29, 1.82) is 0 Å². The number of nitrogens with zero attached hydrogens (tertiary/aromatic N) is 2. The van der Waals surface area contributed by atoms with Gasteiger partial charge in [-0.3, -0.25) is 0 Å². The molecule has 0 amide bonds. The molecule has 2 aromatic carbocycles. The van der Waals surface area contributed by atoms with Crippen LogP contribution in [0.2, 0.25) is 5.02 Å². The molecule has 0 aliphatic heterocycles. The summed E-state index contributed by atoms with van der Waals surface area (Å²) in [6.45, 7) is 1.83. The molecule has 2 aromatic heterocycles. The van der Waals surface area contributed by atoms with Crippen LogP contribution in [-0.2, 0) is 0 Å². The highest BCUT2D eigenvalue weighted by atomic mass is 35.5. The molecule has 0 unspecified atom stereocenters. The SMILES string of the molecule is Cc1nc2c(-c3ccccc3)c3cc(Cl)ccc3nc2o1. The minimum atomic E-state index is 0.557. The van der Waals surface area contributed by atoms with Crippen molar-refractivity contribution in [3.63, 3.8) is 0 Å². The van der Waals surface area contributed by atoms with Crippen LogP contribution < -0.4 is 0 Å². The topological polar surface area (TPSA) is 38.9 Å². The Hall–Kier alpha value is -2.39. The van der Waals surface area contributed by atoms with Crippen LogP contribution in [-0.4, -0.2) is 9.97 Å². The van der Waals surface area contributed by atoms with E-state index >= 15 is 0 Å². The van der Waals surface area contributed by atoms with E-state index < -0.39 is 0 Å². The molecule has 4 aromatic rings. The second-order valence-electron chi connectivity index (χ2n) is 4.90. The number of benzene rings is 2. The summed E-state index contributed by atoms with van der Waals surface area (Å²) in [6.07, 6.45) is 0. The van der Waals surface area contributed by atoms with Crippen LogP contribution in [0.4, 0.5) is 0 Å². The van der Waals surface area contributed by atoms with Gasteiger partial charge >= 0.3 is 0 Å². The lowest BCUT2D eigenvalue weighted by atomic mass is 10.0. The van der Waals surface area contributed by atoms with Crippen molar-refractivity contribution >= 4 is 33.7 Å². The predicted molar refractivity (Wildman–Crippen MR) is 84.5 cm³/mol. The molecule has 0 radical (unpaired) electrons. The number of oxazole rings is 1. The van der Waals surface area contributed by atoms with Crippen LogP contribution in [0.1, 0.15) is 5.89 Å². The molecule has 0 aliphatic rings. The maximum absolute atomic E-state index is 6.16. The standard InChI is InChI=1S/C17H11ClN2O/c1-10-19-16-15(11-5-3-2-4-6-11)13-9-12(18)7-8-14(13)20-17(16)21-10/h2-9H,1H3. The second-order valence-corrected chi connectivity index (χ2v) is 5.34. The van der Waals surface area contributed by atoms with Gasteiger partial charge < -0.3 is 4.42 Å². The molecule has 0 N–H and O–H groups in total. The first-order valence-electron chi connectivity index (χ1n) is 6.64. The molecule has 0 aliphatic carbocycles. The number of fused-ring (bicyclic) bond motifs is 2. The van der Waals surface area contributed by atoms with Crippen LogP contribution >= 0.6 is 11.6 Å². The van der Waals surface area contributed by atoms with Gasteiger partial charge in [-0.25, -0.2) is 9.97 Å². The normalized spacial score (nSPS) is 11.3. The summed E-state index contributed by atoms with van der Waals surface area (Å²) >= 11 is 6.16. The summed E-state index contributed by atoms with van der Waals surface area (Å²) in [5.41, 5.74) is 4.26. The zero-order chi connectivity index (χ0) is 14.4. The summed E-state index contributed by atoms with van der Waals surface area (Å²) in [6, 6.07) is 15.8. The lowest BCUT2D eigenvalue weighted by Crippen LogP contribution is -1.88. The molecule has 3 nitrogen and oxygen atoms in total. The van der Waals surface area contributed by atoms with Gasteiger partial charge in [0, 0.05) is 22.9 Å². The molecular formula is C17H11ClN2O. The van der Waals surface area contributed by atoms with Crippen molar-refractivity contribution in [3.8, 4) is 11.1 Å². The van der Waals surface area contributed by atoms with Crippen molar-refractivity contribution < 1.29 is 4.42 Å². The maximum Gasteiger partial charge on any atom is 0.248 e. The summed E-state index contributed by atoms with van der Waals surface area (Å²) in [5, 5.41) is 1.66. The maximum atomic E-state index is 6.16. The fourth-order valence-corrected chi connectivity index (χ4v) is 2.77. The van der Waals surface area contributed by atoms with Crippen molar-refractivity contribution in [2.45, 2.75) is 6.92 Å². The number of halogens is 1. The fourth-order valence-electron chi connectivity index (χ4n) is 2.59. The Bertz CT molecular complexity index is 961. The van der Waals surface area contributed by atoms with Gasteiger partial charge in [0.1, 0.15) is 5.52 Å². The summed E-state index contributed by atoms with van der Waals surface area (Å²) in [5.74, 6) is 0.607. The van der Waals surface area contributed by atoms with Crippen LogP contribution in [0, 0.1) is 6.92 Å². The van der Waals surface area contributed by atoms with Gasteiger partial charge in [0.05, 0.1) is 5.52 Å². The van der Waals surface area contributed by atoms with Crippen LogP contribution in [0.15, 0.2) is 52.9 Å². The van der Waals surface area contributed by atoms with E-state index in [4.69, 9.17) is 16.0 Å². The minimum Gasteiger partial charge on any atom is -0.423 e. The lowest BCUT2D eigenvalue weighted by molar-refractivity contribution is 0.552. The number of hydrogen-bond donors (Lipinski definition) is 0. The molecule has 0 saturated carbocycles.